The highest BCUT2D eigenvalue weighted by Gasteiger charge is 2.47. The summed E-state index contributed by atoms with van der Waals surface area (Å²) in [5, 5.41) is 14.9. The molecule has 1 atom stereocenters. The lowest BCUT2D eigenvalue weighted by Crippen LogP contribution is -2.63. The van der Waals surface area contributed by atoms with Gasteiger partial charge >= 0.3 is 12.1 Å². The molecule has 7 heteroatoms. The van der Waals surface area contributed by atoms with E-state index in [9.17, 15) is 19.5 Å². The van der Waals surface area contributed by atoms with Gasteiger partial charge in [0.15, 0.2) is 0 Å². The van der Waals surface area contributed by atoms with E-state index in [1.165, 1.54) is 6.92 Å². The fraction of sp³-hybridized carbons (Fsp3) is 0.444. The average Bonchev–Trinajstić information content (AvgIpc) is 3.10. The van der Waals surface area contributed by atoms with Gasteiger partial charge in [-0.25, -0.2) is 9.59 Å². The fourth-order valence-corrected chi connectivity index (χ4v) is 4.03. The zero-order chi connectivity index (χ0) is 25.3. The van der Waals surface area contributed by atoms with Gasteiger partial charge in [-0.3, -0.25) is 4.79 Å². The molecule has 0 aliphatic heterocycles. The highest BCUT2D eigenvalue weighted by molar-refractivity contribution is 5.90. The Morgan fingerprint density at radius 1 is 0.882 bits per heavy atom. The lowest BCUT2D eigenvalue weighted by Gasteiger charge is -2.42. The standard InChI is InChI=1S/C27H34N2O5/c1-7-27(6,23(31)32)28-22(30)25(2,3)26(4,5)29-24(33)34-16-21-19-14-10-8-12-17(19)18-13-9-11-15-20(18)21/h8-15,21H,7,16H2,1-6H3,(H,28,30)(H,29,33)(H,31,32). The van der Waals surface area contributed by atoms with E-state index < -0.39 is 34.5 Å². The smallest absolute Gasteiger partial charge is 0.407 e. The van der Waals surface area contributed by atoms with Gasteiger partial charge in [-0.1, -0.05) is 55.5 Å². The fourth-order valence-electron chi connectivity index (χ4n) is 4.03. The number of carbonyl (C=O) groups excluding carboxylic acids is 2. The molecule has 0 fully saturated rings. The van der Waals surface area contributed by atoms with Crippen molar-refractivity contribution in [1.82, 2.24) is 10.6 Å². The number of carboxylic acids is 1. The maximum atomic E-state index is 13.0. The quantitative estimate of drug-likeness (QED) is 0.523. The number of carboxylic acid groups (broad SMARTS) is 1. The highest BCUT2D eigenvalue weighted by atomic mass is 16.5. The molecule has 7 nitrogen and oxygen atoms in total. The maximum absolute atomic E-state index is 13.0. The Balaban J connectivity index is 1.69. The minimum atomic E-state index is -1.39. The third-order valence-electron chi connectivity index (χ3n) is 7.46. The van der Waals surface area contributed by atoms with E-state index in [0.29, 0.717) is 0 Å². The van der Waals surface area contributed by atoms with E-state index in [1.807, 2.05) is 36.4 Å². The number of ether oxygens (including phenoxy) is 1. The number of hydrogen-bond donors (Lipinski definition) is 3. The molecule has 182 valence electrons. The minimum absolute atomic E-state index is 0.0709. The number of aliphatic carboxylic acids is 1. The molecule has 0 spiro atoms. The molecule has 1 aliphatic rings. The van der Waals surface area contributed by atoms with Crippen molar-refractivity contribution >= 4 is 18.0 Å². The van der Waals surface area contributed by atoms with Gasteiger partial charge < -0.3 is 20.5 Å². The van der Waals surface area contributed by atoms with Crippen molar-refractivity contribution in [3.05, 3.63) is 59.7 Å². The Hall–Kier alpha value is -3.35. The second-order valence-corrected chi connectivity index (χ2v) is 10.1. The molecule has 0 radical (unpaired) electrons. The van der Waals surface area contributed by atoms with Crippen molar-refractivity contribution in [2.45, 2.75) is 65.0 Å². The Kier molecular flexibility index (Phi) is 6.78. The first-order valence-corrected chi connectivity index (χ1v) is 11.5. The average molecular weight is 467 g/mol. The van der Waals surface area contributed by atoms with Crippen molar-refractivity contribution in [1.29, 1.82) is 0 Å². The SMILES string of the molecule is CCC(C)(NC(=O)C(C)(C)C(C)(C)NC(=O)OCC1c2ccccc2-c2ccccc21)C(=O)O. The largest absolute Gasteiger partial charge is 0.480 e. The van der Waals surface area contributed by atoms with E-state index in [2.05, 4.69) is 22.8 Å². The second-order valence-electron chi connectivity index (χ2n) is 10.1. The number of hydrogen-bond acceptors (Lipinski definition) is 4. The van der Waals surface area contributed by atoms with Crippen LogP contribution in [-0.2, 0) is 14.3 Å². The third kappa shape index (κ3) is 4.52. The van der Waals surface area contributed by atoms with Gasteiger partial charge in [-0.15, -0.1) is 0 Å². The zero-order valence-corrected chi connectivity index (χ0v) is 20.7. The molecule has 3 N–H and O–H groups in total. The van der Waals surface area contributed by atoms with Crippen LogP contribution < -0.4 is 10.6 Å². The molecule has 34 heavy (non-hydrogen) atoms. The van der Waals surface area contributed by atoms with Crippen LogP contribution in [0.25, 0.3) is 11.1 Å². The second kappa shape index (κ2) is 9.12. The molecular formula is C27H34N2O5. The molecule has 2 amide bonds. The maximum Gasteiger partial charge on any atom is 0.407 e. The van der Waals surface area contributed by atoms with E-state index in [0.717, 1.165) is 22.3 Å². The van der Waals surface area contributed by atoms with Gasteiger partial charge in [0, 0.05) is 5.92 Å². The van der Waals surface area contributed by atoms with Crippen molar-refractivity contribution in [3.63, 3.8) is 0 Å². The molecule has 1 unspecified atom stereocenters. The Labute approximate surface area is 200 Å². The summed E-state index contributed by atoms with van der Waals surface area (Å²) in [6.45, 7) is 10.1. The van der Waals surface area contributed by atoms with Crippen LogP contribution in [0.1, 0.15) is 65.0 Å². The molecule has 0 saturated carbocycles. The summed E-state index contributed by atoms with van der Waals surface area (Å²) in [4.78, 5) is 37.5. The van der Waals surface area contributed by atoms with Gasteiger partial charge in [-0.05, 0) is 63.3 Å². The van der Waals surface area contributed by atoms with E-state index in [-0.39, 0.29) is 18.9 Å². The Morgan fingerprint density at radius 3 is 1.85 bits per heavy atom. The number of alkyl carbamates (subject to hydrolysis) is 1. The monoisotopic (exact) mass is 466 g/mol. The van der Waals surface area contributed by atoms with E-state index in [4.69, 9.17) is 4.74 Å². The minimum Gasteiger partial charge on any atom is -0.480 e. The summed E-state index contributed by atoms with van der Waals surface area (Å²) in [5.74, 6) is -1.65. The van der Waals surface area contributed by atoms with Crippen molar-refractivity contribution in [3.8, 4) is 11.1 Å². The zero-order valence-electron chi connectivity index (χ0n) is 20.7. The van der Waals surface area contributed by atoms with Gasteiger partial charge in [-0.2, -0.15) is 0 Å². The number of carbonyl (C=O) groups is 3. The molecule has 2 aromatic rings. The first-order valence-electron chi connectivity index (χ1n) is 11.5. The van der Waals surface area contributed by atoms with Gasteiger partial charge in [0.05, 0.1) is 11.0 Å². The van der Waals surface area contributed by atoms with Crippen LogP contribution in [0, 0.1) is 5.41 Å². The Morgan fingerprint density at radius 2 is 1.38 bits per heavy atom. The number of rotatable bonds is 8. The topological polar surface area (TPSA) is 105 Å². The van der Waals surface area contributed by atoms with Crippen LogP contribution >= 0.6 is 0 Å². The van der Waals surface area contributed by atoms with Crippen molar-refractivity contribution in [2.75, 3.05) is 6.61 Å². The summed E-state index contributed by atoms with van der Waals surface area (Å²) in [6.07, 6.45) is -0.408. The lowest BCUT2D eigenvalue weighted by atomic mass is 9.73. The van der Waals surface area contributed by atoms with Crippen molar-refractivity contribution in [2.24, 2.45) is 5.41 Å². The number of amides is 2. The summed E-state index contributed by atoms with van der Waals surface area (Å²) in [6, 6.07) is 16.2. The lowest BCUT2D eigenvalue weighted by molar-refractivity contribution is -0.149. The molecule has 2 aromatic carbocycles. The van der Waals surface area contributed by atoms with Gasteiger partial charge in [0.1, 0.15) is 12.1 Å². The van der Waals surface area contributed by atoms with Crippen molar-refractivity contribution < 1.29 is 24.2 Å². The molecule has 0 aromatic heterocycles. The molecule has 0 heterocycles. The summed E-state index contributed by atoms with van der Waals surface area (Å²) < 4.78 is 5.63. The number of nitrogens with one attached hydrogen (secondary N) is 2. The highest BCUT2D eigenvalue weighted by Crippen LogP contribution is 2.44. The van der Waals surface area contributed by atoms with Crippen LogP contribution in [0.15, 0.2) is 48.5 Å². The van der Waals surface area contributed by atoms with Gasteiger partial charge in [0.25, 0.3) is 0 Å². The molecule has 0 saturated heterocycles. The summed E-state index contributed by atoms with van der Waals surface area (Å²) in [7, 11) is 0. The van der Waals surface area contributed by atoms with Gasteiger partial charge in [0.2, 0.25) is 5.91 Å². The van der Waals surface area contributed by atoms with E-state index >= 15 is 0 Å². The Bertz CT molecular complexity index is 1060. The predicted octanol–water partition coefficient (Wildman–Crippen LogP) is 4.70. The molecular weight excluding hydrogens is 432 g/mol. The third-order valence-corrected chi connectivity index (χ3v) is 7.46. The molecule has 3 rings (SSSR count). The molecule has 0 bridgehead atoms. The van der Waals surface area contributed by atoms with Crippen LogP contribution in [0.5, 0.6) is 0 Å². The van der Waals surface area contributed by atoms with Crippen LogP contribution in [-0.4, -0.2) is 40.8 Å². The first kappa shape index (κ1) is 25.3. The molecule has 1 aliphatic carbocycles. The van der Waals surface area contributed by atoms with Crippen LogP contribution in [0.2, 0.25) is 0 Å². The summed E-state index contributed by atoms with van der Waals surface area (Å²) in [5.41, 5.74) is 0.974. The van der Waals surface area contributed by atoms with Crippen LogP contribution in [0.4, 0.5) is 4.79 Å². The normalized spacial score (nSPS) is 15.0. The predicted molar refractivity (Wildman–Crippen MR) is 131 cm³/mol. The number of fused-ring (bicyclic) bond motifs is 3. The van der Waals surface area contributed by atoms with Crippen LogP contribution in [0.3, 0.4) is 0 Å². The first-order chi connectivity index (χ1) is 15.8. The summed E-state index contributed by atoms with van der Waals surface area (Å²) >= 11 is 0. The van der Waals surface area contributed by atoms with E-state index in [1.54, 1.807) is 34.6 Å². The number of benzene rings is 2.